The van der Waals surface area contributed by atoms with Crippen molar-refractivity contribution in [3.05, 3.63) is 67.8 Å². The van der Waals surface area contributed by atoms with E-state index in [1.165, 1.54) is 11.3 Å². The van der Waals surface area contributed by atoms with Crippen LogP contribution < -0.4 is 15.6 Å². The highest BCUT2D eigenvalue weighted by molar-refractivity contribution is 7.99. The monoisotopic (exact) mass is 498 g/mol. The number of non-ortho nitro benzene ring substituents is 1. The summed E-state index contributed by atoms with van der Waals surface area (Å²) in [4.78, 5) is 43.1. The van der Waals surface area contributed by atoms with Crippen LogP contribution in [0.4, 0.5) is 11.4 Å². The predicted octanol–water partition coefficient (Wildman–Crippen LogP) is 4.31. The maximum atomic E-state index is 12.9. The number of rotatable bonds is 7. The molecule has 1 amide bonds. The van der Waals surface area contributed by atoms with Crippen LogP contribution in [0, 0.1) is 17.0 Å². The normalized spacial score (nSPS) is 10.9. The third kappa shape index (κ3) is 4.72. The number of H-pyrrole nitrogens is 1. The Morgan fingerprint density at radius 2 is 2.09 bits per heavy atom. The molecule has 0 fully saturated rings. The molecule has 0 spiro atoms. The molecule has 2 heterocycles. The topological polar surface area (TPSA) is 147 Å². The number of hydrogen-bond acceptors (Lipinski definition) is 9. The lowest BCUT2D eigenvalue weighted by molar-refractivity contribution is -0.384. The van der Waals surface area contributed by atoms with Gasteiger partial charge in [-0.2, -0.15) is 0 Å². The molecule has 0 aliphatic heterocycles. The number of carbonyl (C=O) groups excluding carboxylic acids is 1. The van der Waals surface area contributed by atoms with E-state index in [9.17, 15) is 24.8 Å². The van der Waals surface area contributed by atoms with Crippen LogP contribution in [0.1, 0.15) is 5.56 Å². The second-order valence-electron chi connectivity index (χ2n) is 7.20. The number of aromatic amines is 1. The lowest BCUT2D eigenvalue weighted by Gasteiger charge is -2.09. The molecule has 34 heavy (non-hydrogen) atoms. The molecule has 10 nitrogen and oxygen atoms in total. The minimum Gasteiger partial charge on any atom is -0.506 e. The van der Waals surface area contributed by atoms with Crippen LogP contribution in [-0.4, -0.2) is 38.8 Å². The van der Waals surface area contributed by atoms with Crippen molar-refractivity contribution >= 4 is 50.6 Å². The highest BCUT2D eigenvalue weighted by Crippen LogP contribution is 2.37. The number of nitrogens with zero attached hydrogens (tertiary/aromatic N) is 2. The number of carbonyl (C=O) groups is 1. The molecule has 0 aliphatic carbocycles. The zero-order valence-corrected chi connectivity index (χ0v) is 19.6. The Kier molecular flexibility index (Phi) is 6.52. The van der Waals surface area contributed by atoms with E-state index in [0.717, 1.165) is 41.1 Å². The minimum absolute atomic E-state index is 0.0771. The van der Waals surface area contributed by atoms with Gasteiger partial charge in [-0.05, 0) is 25.1 Å². The van der Waals surface area contributed by atoms with Crippen molar-refractivity contribution in [2.45, 2.75) is 12.1 Å². The molecular formula is C22H18N4O6S2. The van der Waals surface area contributed by atoms with E-state index >= 15 is 0 Å². The fourth-order valence-electron chi connectivity index (χ4n) is 3.29. The summed E-state index contributed by atoms with van der Waals surface area (Å²) in [6, 6.07) is 9.04. The maximum absolute atomic E-state index is 12.9. The van der Waals surface area contributed by atoms with Gasteiger partial charge >= 0.3 is 0 Å². The smallest absolute Gasteiger partial charge is 0.271 e. The summed E-state index contributed by atoms with van der Waals surface area (Å²) >= 11 is 2.30. The summed E-state index contributed by atoms with van der Waals surface area (Å²) in [6.07, 6.45) is 0. The minimum atomic E-state index is -0.630. The van der Waals surface area contributed by atoms with Crippen LogP contribution in [0.3, 0.4) is 0 Å². The van der Waals surface area contributed by atoms with Gasteiger partial charge in [-0.25, -0.2) is 4.98 Å². The highest BCUT2D eigenvalue weighted by Gasteiger charge is 2.18. The van der Waals surface area contributed by atoms with E-state index in [2.05, 4.69) is 15.3 Å². The lowest BCUT2D eigenvalue weighted by Crippen LogP contribution is -2.15. The highest BCUT2D eigenvalue weighted by atomic mass is 32.2. The zero-order valence-electron chi connectivity index (χ0n) is 17.9. The number of aromatic hydroxyl groups is 1. The number of aromatic nitrogens is 2. The molecule has 174 valence electrons. The number of phenolic OH excluding ortho intramolecular Hbond substituents is 1. The molecular weight excluding hydrogens is 480 g/mol. The molecule has 0 saturated carbocycles. The third-order valence-electron chi connectivity index (χ3n) is 4.87. The predicted molar refractivity (Wildman–Crippen MR) is 131 cm³/mol. The molecule has 12 heteroatoms. The zero-order chi connectivity index (χ0) is 24.4. The van der Waals surface area contributed by atoms with Crippen molar-refractivity contribution in [2.75, 3.05) is 18.2 Å². The molecule has 0 radical (unpaired) electrons. The van der Waals surface area contributed by atoms with Crippen molar-refractivity contribution in [1.82, 2.24) is 9.97 Å². The van der Waals surface area contributed by atoms with Gasteiger partial charge in [-0.3, -0.25) is 19.7 Å². The van der Waals surface area contributed by atoms with E-state index in [4.69, 9.17) is 4.74 Å². The number of ether oxygens (including phenoxy) is 1. The van der Waals surface area contributed by atoms with E-state index in [0.29, 0.717) is 21.5 Å². The number of nitro groups is 1. The molecule has 0 unspecified atom stereocenters. The van der Waals surface area contributed by atoms with Gasteiger partial charge in [0, 0.05) is 28.6 Å². The van der Waals surface area contributed by atoms with Gasteiger partial charge in [-0.1, -0.05) is 23.4 Å². The Morgan fingerprint density at radius 1 is 1.29 bits per heavy atom. The van der Waals surface area contributed by atoms with Crippen LogP contribution >= 0.6 is 23.1 Å². The summed E-state index contributed by atoms with van der Waals surface area (Å²) in [6.45, 7) is 1.95. The number of hydrogen-bond donors (Lipinski definition) is 3. The van der Waals surface area contributed by atoms with E-state index in [1.54, 1.807) is 7.11 Å². The number of thiophene rings is 1. The van der Waals surface area contributed by atoms with Gasteiger partial charge in [0.05, 0.1) is 28.9 Å². The first-order chi connectivity index (χ1) is 16.3. The van der Waals surface area contributed by atoms with Crippen molar-refractivity contribution in [3.8, 4) is 22.6 Å². The fraction of sp³-hybridized carbons (Fsp3) is 0.136. The molecule has 0 bridgehead atoms. The van der Waals surface area contributed by atoms with Crippen LogP contribution in [0.2, 0.25) is 0 Å². The Hall–Kier alpha value is -3.90. The number of fused-ring (bicyclic) bond motifs is 1. The van der Waals surface area contributed by atoms with E-state index in [-0.39, 0.29) is 33.6 Å². The van der Waals surface area contributed by atoms with Crippen molar-refractivity contribution < 1.29 is 19.6 Å². The number of nitrogens with one attached hydrogen (secondary N) is 2. The Morgan fingerprint density at radius 3 is 2.82 bits per heavy atom. The molecule has 2 aromatic heterocycles. The molecule has 0 saturated heterocycles. The molecule has 4 rings (SSSR count). The SMILES string of the molecule is COc1ccc(C)cc1-c1csc2nc(SCC(=O)Nc3cc([N+](=O)[O-])ccc3O)[nH]c(=O)c12. The second-order valence-corrected chi connectivity index (χ2v) is 9.02. The molecule has 2 aromatic carbocycles. The number of methoxy groups -OCH3 is 1. The van der Waals surface area contributed by atoms with Crippen LogP contribution in [0.5, 0.6) is 11.5 Å². The Balaban J connectivity index is 1.54. The van der Waals surface area contributed by atoms with Crippen molar-refractivity contribution in [2.24, 2.45) is 0 Å². The first-order valence-electron chi connectivity index (χ1n) is 9.83. The standard InChI is InChI=1S/C22H18N4O6S2/c1-11-3-6-17(32-2)13(7-11)14-9-33-21-19(14)20(29)24-22(25-21)34-10-18(28)23-15-8-12(26(30)31)4-5-16(15)27/h3-9,27H,10H2,1-2H3,(H,23,28)(H,24,25,29). The summed E-state index contributed by atoms with van der Waals surface area (Å²) < 4.78 is 5.45. The van der Waals surface area contributed by atoms with Gasteiger partial charge in [-0.15, -0.1) is 11.3 Å². The molecule has 0 atom stereocenters. The van der Waals surface area contributed by atoms with E-state index in [1.807, 2.05) is 30.5 Å². The average Bonchev–Trinajstić information content (AvgIpc) is 3.23. The van der Waals surface area contributed by atoms with Crippen LogP contribution in [0.25, 0.3) is 21.3 Å². The fourth-order valence-corrected chi connectivity index (χ4v) is 4.94. The van der Waals surface area contributed by atoms with Crippen molar-refractivity contribution in [1.29, 1.82) is 0 Å². The third-order valence-corrected chi connectivity index (χ3v) is 6.62. The molecule has 3 N–H and O–H groups in total. The average molecular weight is 499 g/mol. The summed E-state index contributed by atoms with van der Waals surface area (Å²) in [5.41, 5.74) is 1.83. The van der Waals surface area contributed by atoms with Gasteiger partial charge in [0.15, 0.2) is 5.16 Å². The Bertz CT molecular complexity index is 1480. The van der Waals surface area contributed by atoms with Gasteiger partial charge < -0.3 is 20.1 Å². The second kappa shape index (κ2) is 9.53. The first-order valence-corrected chi connectivity index (χ1v) is 11.7. The molecule has 4 aromatic rings. The van der Waals surface area contributed by atoms with E-state index < -0.39 is 10.8 Å². The largest absolute Gasteiger partial charge is 0.506 e. The first kappa shape index (κ1) is 23.3. The quantitative estimate of drug-likeness (QED) is 0.112. The number of nitro benzene ring substituents is 1. The van der Waals surface area contributed by atoms with Gasteiger partial charge in [0.1, 0.15) is 16.3 Å². The summed E-state index contributed by atoms with van der Waals surface area (Å²) in [5.74, 6) is -0.320. The van der Waals surface area contributed by atoms with Crippen LogP contribution in [0.15, 0.2) is 51.7 Å². The van der Waals surface area contributed by atoms with Crippen molar-refractivity contribution in [3.63, 3.8) is 0 Å². The van der Waals surface area contributed by atoms with Gasteiger partial charge in [0.2, 0.25) is 5.91 Å². The number of thioether (sulfide) groups is 1. The lowest BCUT2D eigenvalue weighted by atomic mass is 10.0. The number of amides is 1. The van der Waals surface area contributed by atoms with Crippen LogP contribution in [-0.2, 0) is 4.79 Å². The summed E-state index contributed by atoms with van der Waals surface area (Å²) in [7, 11) is 1.57. The molecule has 0 aliphatic rings. The Labute approximate surface area is 200 Å². The van der Waals surface area contributed by atoms with Gasteiger partial charge in [0.25, 0.3) is 11.2 Å². The number of anilines is 1. The number of phenols is 1. The maximum Gasteiger partial charge on any atom is 0.271 e. The summed E-state index contributed by atoms with van der Waals surface area (Å²) in [5, 5.41) is 25.7. The number of aryl methyl sites for hydroxylation is 1. The number of benzene rings is 2.